The summed E-state index contributed by atoms with van der Waals surface area (Å²) in [5.41, 5.74) is 1.36. The van der Waals surface area contributed by atoms with Crippen LogP contribution in [0.3, 0.4) is 0 Å². The first kappa shape index (κ1) is 14.7. The maximum Gasteiger partial charge on any atom is 0.119 e. The van der Waals surface area contributed by atoms with Gasteiger partial charge < -0.3 is 4.74 Å². The fraction of sp³-hybridized carbons (Fsp3) is 0.625. The first-order valence-electron chi connectivity index (χ1n) is 7.20. The van der Waals surface area contributed by atoms with Crippen molar-refractivity contribution >= 4 is 11.6 Å². The molecule has 0 amide bonds. The van der Waals surface area contributed by atoms with Crippen LogP contribution in [0, 0.1) is 5.92 Å². The van der Waals surface area contributed by atoms with Gasteiger partial charge in [0.2, 0.25) is 0 Å². The molecule has 0 unspecified atom stereocenters. The van der Waals surface area contributed by atoms with Crippen LogP contribution in [0.5, 0.6) is 5.75 Å². The van der Waals surface area contributed by atoms with Crippen molar-refractivity contribution < 1.29 is 4.74 Å². The molecule has 1 aliphatic rings. The van der Waals surface area contributed by atoms with Crippen LogP contribution in [0.2, 0.25) is 0 Å². The van der Waals surface area contributed by atoms with Gasteiger partial charge in [0.25, 0.3) is 0 Å². The van der Waals surface area contributed by atoms with Crippen molar-refractivity contribution in [1.82, 2.24) is 4.90 Å². The Labute approximate surface area is 121 Å². The molecule has 0 radical (unpaired) electrons. The summed E-state index contributed by atoms with van der Waals surface area (Å²) in [7, 11) is 0. The third-order valence-corrected chi connectivity index (χ3v) is 4.25. The lowest BCUT2D eigenvalue weighted by Gasteiger charge is -2.16. The Bertz CT molecular complexity index is 377. The van der Waals surface area contributed by atoms with E-state index in [1.807, 2.05) is 0 Å². The molecule has 1 aromatic carbocycles. The second kappa shape index (κ2) is 7.16. The van der Waals surface area contributed by atoms with Crippen molar-refractivity contribution in [2.24, 2.45) is 5.92 Å². The van der Waals surface area contributed by atoms with Gasteiger partial charge in [-0.1, -0.05) is 26.0 Å². The van der Waals surface area contributed by atoms with E-state index in [0.717, 1.165) is 37.9 Å². The predicted molar refractivity (Wildman–Crippen MR) is 81.3 cm³/mol. The Morgan fingerprint density at radius 1 is 1.32 bits per heavy atom. The van der Waals surface area contributed by atoms with Gasteiger partial charge in [0, 0.05) is 19.0 Å². The highest BCUT2D eigenvalue weighted by Crippen LogP contribution is 2.19. The van der Waals surface area contributed by atoms with Gasteiger partial charge in [0.1, 0.15) is 12.4 Å². The number of alkyl halides is 1. The van der Waals surface area contributed by atoms with Gasteiger partial charge in [-0.2, -0.15) is 0 Å². The smallest absolute Gasteiger partial charge is 0.119 e. The van der Waals surface area contributed by atoms with Crippen molar-refractivity contribution in [1.29, 1.82) is 0 Å². The maximum atomic E-state index is 5.89. The fourth-order valence-electron chi connectivity index (χ4n) is 2.48. The van der Waals surface area contributed by atoms with Crippen molar-refractivity contribution in [3.8, 4) is 5.75 Å². The van der Waals surface area contributed by atoms with Gasteiger partial charge in [-0.15, -0.1) is 11.6 Å². The molecular weight excluding hydrogens is 258 g/mol. The van der Waals surface area contributed by atoms with E-state index >= 15 is 0 Å². The van der Waals surface area contributed by atoms with Crippen LogP contribution in [0.4, 0.5) is 0 Å². The van der Waals surface area contributed by atoms with Gasteiger partial charge in [0.15, 0.2) is 0 Å². The fourth-order valence-corrected chi connectivity index (χ4v) is 2.74. The molecule has 0 bridgehead atoms. The SMILES string of the molecule is CC(C)c1ccc(OCCN2CC[C@H](CCl)C2)cc1. The van der Waals surface area contributed by atoms with E-state index in [9.17, 15) is 0 Å². The molecule has 0 spiro atoms. The Hall–Kier alpha value is -0.730. The second-order valence-corrected chi connectivity index (χ2v) is 5.99. The van der Waals surface area contributed by atoms with Crippen LogP contribution in [0.15, 0.2) is 24.3 Å². The van der Waals surface area contributed by atoms with Crippen molar-refractivity contribution in [2.75, 3.05) is 32.1 Å². The van der Waals surface area contributed by atoms with Gasteiger partial charge in [-0.05, 0) is 42.5 Å². The number of halogens is 1. The minimum Gasteiger partial charge on any atom is -0.492 e. The first-order valence-corrected chi connectivity index (χ1v) is 7.73. The minimum absolute atomic E-state index is 0.575. The van der Waals surface area contributed by atoms with Crippen LogP contribution in [-0.2, 0) is 0 Å². The van der Waals surface area contributed by atoms with Gasteiger partial charge in [-0.3, -0.25) is 4.90 Å². The molecule has 0 N–H and O–H groups in total. The molecule has 1 aliphatic heterocycles. The average molecular weight is 282 g/mol. The molecule has 2 rings (SSSR count). The first-order chi connectivity index (χ1) is 9.19. The highest BCUT2D eigenvalue weighted by atomic mass is 35.5. The third kappa shape index (κ3) is 4.39. The normalized spacial score (nSPS) is 20.1. The van der Waals surface area contributed by atoms with Crippen molar-refractivity contribution in [3.63, 3.8) is 0 Å². The largest absolute Gasteiger partial charge is 0.492 e. The quantitative estimate of drug-likeness (QED) is 0.737. The van der Waals surface area contributed by atoms with Crippen molar-refractivity contribution in [2.45, 2.75) is 26.2 Å². The summed E-state index contributed by atoms with van der Waals surface area (Å²) in [6, 6.07) is 8.44. The van der Waals surface area contributed by atoms with Crippen LogP contribution >= 0.6 is 11.6 Å². The molecule has 0 saturated carbocycles. The van der Waals surface area contributed by atoms with E-state index in [1.54, 1.807) is 0 Å². The standard InChI is InChI=1S/C16H24ClNO/c1-13(2)15-3-5-16(6-4-15)19-10-9-18-8-7-14(11-17)12-18/h3-6,13-14H,7-12H2,1-2H3/t14-/m1/s1. The van der Waals surface area contributed by atoms with Crippen LogP contribution in [0.1, 0.15) is 31.7 Å². The highest BCUT2D eigenvalue weighted by Gasteiger charge is 2.20. The number of hydrogen-bond donors (Lipinski definition) is 0. The molecule has 2 nitrogen and oxygen atoms in total. The number of likely N-dealkylation sites (tertiary alicyclic amines) is 1. The van der Waals surface area contributed by atoms with Crippen LogP contribution < -0.4 is 4.74 Å². The summed E-state index contributed by atoms with van der Waals surface area (Å²) >= 11 is 5.89. The van der Waals surface area contributed by atoms with E-state index < -0.39 is 0 Å². The zero-order chi connectivity index (χ0) is 13.7. The van der Waals surface area contributed by atoms with Gasteiger partial charge >= 0.3 is 0 Å². The molecule has 3 heteroatoms. The molecule has 19 heavy (non-hydrogen) atoms. The number of hydrogen-bond acceptors (Lipinski definition) is 2. The lowest BCUT2D eigenvalue weighted by molar-refractivity contribution is 0.234. The van der Waals surface area contributed by atoms with E-state index in [4.69, 9.17) is 16.3 Å². The molecule has 1 heterocycles. The van der Waals surface area contributed by atoms with Crippen molar-refractivity contribution in [3.05, 3.63) is 29.8 Å². The molecule has 0 aromatic heterocycles. The lowest BCUT2D eigenvalue weighted by atomic mass is 10.0. The summed E-state index contributed by atoms with van der Waals surface area (Å²) < 4.78 is 5.80. The molecule has 0 aliphatic carbocycles. The molecular formula is C16H24ClNO. The van der Waals surface area contributed by atoms with Gasteiger partial charge in [0.05, 0.1) is 0 Å². The summed E-state index contributed by atoms with van der Waals surface area (Å²) in [6.07, 6.45) is 1.23. The monoisotopic (exact) mass is 281 g/mol. The molecule has 1 aromatic rings. The van der Waals surface area contributed by atoms with Gasteiger partial charge in [-0.25, -0.2) is 0 Å². The molecule has 1 fully saturated rings. The molecule has 1 atom stereocenters. The summed E-state index contributed by atoms with van der Waals surface area (Å²) in [6.45, 7) is 8.45. The Balaban J connectivity index is 1.71. The highest BCUT2D eigenvalue weighted by molar-refractivity contribution is 6.18. The average Bonchev–Trinajstić information content (AvgIpc) is 2.87. The number of ether oxygens (including phenoxy) is 1. The number of nitrogens with zero attached hydrogens (tertiary/aromatic N) is 1. The van der Waals surface area contributed by atoms with Crippen LogP contribution in [-0.4, -0.2) is 37.0 Å². The summed E-state index contributed by atoms with van der Waals surface area (Å²) in [5.74, 6) is 3.00. The molecule has 1 saturated heterocycles. The minimum atomic E-state index is 0.575. The predicted octanol–water partition coefficient (Wildman–Crippen LogP) is 3.75. The lowest BCUT2D eigenvalue weighted by Crippen LogP contribution is -2.26. The number of rotatable bonds is 6. The Morgan fingerprint density at radius 3 is 2.63 bits per heavy atom. The number of benzene rings is 1. The zero-order valence-corrected chi connectivity index (χ0v) is 12.7. The Kier molecular flexibility index (Phi) is 5.53. The molecule has 106 valence electrons. The summed E-state index contributed by atoms with van der Waals surface area (Å²) in [4.78, 5) is 2.44. The third-order valence-electron chi connectivity index (χ3n) is 3.81. The van der Waals surface area contributed by atoms with E-state index in [1.165, 1.54) is 12.0 Å². The van der Waals surface area contributed by atoms with E-state index in [0.29, 0.717) is 11.8 Å². The maximum absolute atomic E-state index is 5.89. The zero-order valence-electron chi connectivity index (χ0n) is 11.9. The Morgan fingerprint density at radius 2 is 2.05 bits per heavy atom. The topological polar surface area (TPSA) is 12.5 Å². The summed E-state index contributed by atoms with van der Waals surface area (Å²) in [5, 5.41) is 0. The second-order valence-electron chi connectivity index (χ2n) is 5.68. The van der Waals surface area contributed by atoms with E-state index in [-0.39, 0.29) is 0 Å². The van der Waals surface area contributed by atoms with Crippen LogP contribution in [0.25, 0.3) is 0 Å². The van der Waals surface area contributed by atoms with E-state index in [2.05, 4.69) is 43.0 Å².